The predicted molar refractivity (Wildman–Crippen MR) is 84.3 cm³/mol. The van der Waals surface area contributed by atoms with E-state index in [2.05, 4.69) is 15.2 Å². The smallest absolute Gasteiger partial charge is 0.339 e. The lowest BCUT2D eigenvalue weighted by Gasteiger charge is -2.34. The summed E-state index contributed by atoms with van der Waals surface area (Å²) in [5, 5.41) is 6.78. The number of ether oxygens (including phenoxy) is 1. The number of fused-ring (bicyclic) bond motifs is 1. The lowest BCUT2D eigenvalue weighted by molar-refractivity contribution is -0.142. The van der Waals surface area contributed by atoms with E-state index in [1.165, 1.54) is 6.33 Å². The maximum absolute atomic E-state index is 12.7. The molecule has 7 nitrogen and oxygen atoms in total. The Labute approximate surface area is 139 Å². The average Bonchev–Trinajstić information content (AvgIpc) is 3.16. The fourth-order valence-corrected chi connectivity index (χ4v) is 3.46. The third kappa shape index (κ3) is 2.66. The van der Waals surface area contributed by atoms with Crippen molar-refractivity contribution in [2.45, 2.75) is 31.3 Å². The van der Waals surface area contributed by atoms with Crippen LogP contribution >= 0.6 is 0 Å². The summed E-state index contributed by atoms with van der Waals surface area (Å²) >= 11 is 0. The van der Waals surface area contributed by atoms with Gasteiger partial charge in [0.05, 0.1) is 5.56 Å². The second kappa shape index (κ2) is 6.07. The largest absolute Gasteiger partial charge is 0.448 e. The molecule has 0 aliphatic carbocycles. The topological polar surface area (TPSA) is 88.2 Å². The van der Waals surface area contributed by atoms with Crippen LogP contribution in [0.5, 0.6) is 0 Å². The number of piperidine rings is 1. The highest BCUT2D eigenvalue weighted by Crippen LogP contribution is 2.27. The van der Waals surface area contributed by atoms with E-state index in [9.17, 15) is 9.59 Å². The molecular weight excluding hydrogens is 308 g/mol. The molecule has 1 fully saturated rings. The Balaban J connectivity index is 1.41. The molecule has 1 aromatic carbocycles. The van der Waals surface area contributed by atoms with E-state index in [0.717, 1.165) is 24.2 Å². The number of benzene rings is 1. The van der Waals surface area contributed by atoms with Crippen molar-refractivity contribution < 1.29 is 14.3 Å². The number of nitrogens with one attached hydrogen (secondary N) is 1. The number of hydrogen-bond donors (Lipinski definition) is 1. The third-order valence-corrected chi connectivity index (χ3v) is 4.79. The van der Waals surface area contributed by atoms with Gasteiger partial charge in [0.25, 0.3) is 5.91 Å². The van der Waals surface area contributed by atoms with E-state index in [-0.39, 0.29) is 5.91 Å². The first-order valence-corrected chi connectivity index (χ1v) is 8.15. The first-order chi connectivity index (χ1) is 11.7. The number of hydrogen-bond acceptors (Lipinski definition) is 5. The summed E-state index contributed by atoms with van der Waals surface area (Å²) in [7, 11) is 0. The molecule has 1 atom stereocenters. The van der Waals surface area contributed by atoms with Gasteiger partial charge in [-0.05, 0) is 24.5 Å². The van der Waals surface area contributed by atoms with Crippen molar-refractivity contribution in [2.24, 2.45) is 0 Å². The molecule has 1 saturated heterocycles. The zero-order valence-corrected chi connectivity index (χ0v) is 13.1. The molecule has 0 saturated carbocycles. The Morgan fingerprint density at radius 3 is 2.79 bits per heavy atom. The molecule has 1 amide bonds. The molecule has 1 unspecified atom stereocenters. The summed E-state index contributed by atoms with van der Waals surface area (Å²) in [6, 6.07) is 7.30. The Bertz CT molecular complexity index is 751. The van der Waals surface area contributed by atoms with Crippen molar-refractivity contribution >= 4 is 11.9 Å². The van der Waals surface area contributed by atoms with E-state index in [4.69, 9.17) is 4.74 Å². The number of nitrogens with zero attached hydrogens (tertiary/aromatic N) is 3. The molecule has 2 aliphatic rings. The van der Waals surface area contributed by atoms with Gasteiger partial charge in [-0.1, -0.05) is 18.2 Å². The quantitative estimate of drug-likeness (QED) is 0.840. The van der Waals surface area contributed by atoms with Crippen molar-refractivity contribution in [2.75, 3.05) is 13.1 Å². The summed E-state index contributed by atoms with van der Waals surface area (Å²) in [4.78, 5) is 30.8. The third-order valence-electron chi connectivity index (χ3n) is 4.79. The molecule has 2 aromatic rings. The number of aromatic amines is 1. The maximum atomic E-state index is 12.7. The molecule has 2 aliphatic heterocycles. The standard InChI is InChI=1S/C17H18N4O3/c22-16(14-9-12-3-1-2-4-13(12)17(23)24-14)21-7-5-11(6-8-21)15-18-10-19-20-15/h1-4,10-11,14H,5-9H2,(H,18,19,20). The Kier molecular flexibility index (Phi) is 3.76. The van der Waals surface area contributed by atoms with Crippen LogP contribution in [0.4, 0.5) is 0 Å². The number of aromatic nitrogens is 3. The Morgan fingerprint density at radius 1 is 1.25 bits per heavy atom. The minimum absolute atomic E-state index is 0.103. The maximum Gasteiger partial charge on any atom is 0.339 e. The van der Waals surface area contributed by atoms with Crippen molar-refractivity contribution in [1.29, 1.82) is 0 Å². The van der Waals surface area contributed by atoms with Crippen LogP contribution in [0.3, 0.4) is 0 Å². The fourth-order valence-electron chi connectivity index (χ4n) is 3.46. The lowest BCUT2D eigenvalue weighted by Crippen LogP contribution is -2.47. The first kappa shape index (κ1) is 14.9. The van der Waals surface area contributed by atoms with Crippen molar-refractivity contribution in [3.05, 3.63) is 47.5 Å². The predicted octanol–water partition coefficient (Wildman–Crippen LogP) is 1.29. The van der Waals surface area contributed by atoms with Crippen LogP contribution in [-0.4, -0.2) is 51.2 Å². The molecule has 0 spiro atoms. The van der Waals surface area contributed by atoms with Gasteiger partial charge in [-0.2, -0.15) is 5.10 Å². The van der Waals surface area contributed by atoms with Crippen molar-refractivity contribution in [1.82, 2.24) is 20.1 Å². The molecular formula is C17H18N4O3. The Hall–Kier alpha value is -2.70. The summed E-state index contributed by atoms with van der Waals surface area (Å²) in [5.74, 6) is 0.659. The molecule has 24 heavy (non-hydrogen) atoms. The van der Waals surface area contributed by atoms with Crippen LogP contribution in [-0.2, 0) is 16.0 Å². The second-order valence-electron chi connectivity index (χ2n) is 6.23. The van der Waals surface area contributed by atoms with Gasteiger partial charge in [-0.15, -0.1) is 0 Å². The average molecular weight is 326 g/mol. The number of carbonyl (C=O) groups is 2. The molecule has 124 valence electrons. The zero-order valence-electron chi connectivity index (χ0n) is 13.1. The lowest BCUT2D eigenvalue weighted by atomic mass is 9.94. The number of carbonyl (C=O) groups excluding carboxylic acids is 2. The molecule has 1 N–H and O–H groups in total. The minimum atomic E-state index is -0.714. The fraction of sp³-hybridized carbons (Fsp3) is 0.412. The molecule has 7 heteroatoms. The number of esters is 1. The van der Waals surface area contributed by atoms with Gasteiger partial charge in [0, 0.05) is 25.4 Å². The van der Waals surface area contributed by atoms with Crippen molar-refractivity contribution in [3.8, 4) is 0 Å². The normalized spacial score (nSPS) is 21.2. The highest BCUT2D eigenvalue weighted by molar-refractivity contribution is 5.95. The van der Waals surface area contributed by atoms with Crippen LogP contribution < -0.4 is 0 Å². The van der Waals surface area contributed by atoms with Gasteiger partial charge in [0.15, 0.2) is 6.10 Å². The van der Waals surface area contributed by atoms with Crippen LogP contribution in [0, 0.1) is 0 Å². The summed E-state index contributed by atoms with van der Waals surface area (Å²) in [5.41, 5.74) is 1.44. The molecule has 1 aromatic heterocycles. The summed E-state index contributed by atoms with van der Waals surface area (Å²) < 4.78 is 5.37. The van der Waals surface area contributed by atoms with E-state index >= 15 is 0 Å². The number of H-pyrrole nitrogens is 1. The van der Waals surface area contributed by atoms with Gasteiger partial charge in [-0.25, -0.2) is 9.78 Å². The summed E-state index contributed by atoms with van der Waals surface area (Å²) in [6.07, 6.45) is 2.90. The van der Waals surface area contributed by atoms with Gasteiger partial charge in [0.1, 0.15) is 12.2 Å². The monoisotopic (exact) mass is 326 g/mol. The summed E-state index contributed by atoms with van der Waals surface area (Å²) in [6.45, 7) is 1.28. The number of amides is 1. The molecule has 4 rings (SSSR count). The molecule has 3 heterocycles. The van der Waals surface area contributed by atoms with Gasteiger partial charge < -0.3 is 9.64 Å². The Morgan fingerprint density at radius 2 is 2.04 bits per heavy atom. The highest BCUT2D eigenvalue weighted by atomic mass is 16.5. The van der Waals surface area contributed by atoms with Crippen LogP contribution in [0.25, 0.3) is 0 Å². The van der Waals surface area contributed by atoms with E-state index in [0.29, 0.717) is 31.0 Å². The minimum Gasteiger partial charge on any atom is -0.448 e. The van der Waals surface area contributed by atoms with Gasteiger partial charge in [-0.3, -0.25) is 9.89 Å². The highest BCUT2D eigenvalue weighted by Gasteiger charge is 2.35. The molecule has 0 radical (unpaired) electrons. The van der Waals surface area contributed by atoms with Crippen LogP contribution in [0.2, 0.25) is 0 Å². The van der Waals surface area contributed by atoms with Gasteiger partial charge in [0.2, 0.25) is 0 Å². The van der Waals surface area contributed by atoms with E-state index < -0.39 is 12.1 Å². The molecule has 0 bridgehead atoms. The second-order valence-corrected chi connectivity index (χ2v) is 6.23. The van der Waals surface area contributed by atoms with E-state index in [1.54, 1.807) is 17.0 Å². The van der Waals surface area contributed by atoms with E-state index in [1.807, 2.05) is 12.1 Å². The number of likely N-dealkylation sites (tertiary alicyclic amines) is 1. The zero-order chi connectivity index (χ0) is 16.5. The van der Waals surface area contributed by atoms with Crippen molar-refractivity contribution in [3.63, 3.8) is 0 Å². The van der Waals surface area contributed by atoms with Crippen LogP contribution in [0.1, 0.15) is 40.5 Å². The SMILES string of the molecule is O=C1OC(C(=O)N2CCC(c3ncn[nH]3)CC2)Cc2ccccc21. The first-order valence-electron chi connectivity index (χ1n) is 8.15. The van der Waals surface area contributed by atoms with Crippen LogP contribution in [0.15, 0.2) is 30.6 Å². The number of cyclic esters (lactones) is 1. The van der Waals surface area contributed by atoms with Gasteiger partial charge >= 0.3 is 5.97 Å². The number of rotatable bonds is 2.